The highest BCUT2D eigenvalue weighted by molar-refractivity contribution is 8.00. The van der Waals surface area contributed by atoms with Gasteiger partial charge in [0.05, 0.1) is 12.4 Å². The van der Waals surface area contributed by atoms with Crippen LogP contribution in [0.15, 0.2) is 29.2 Å². The molecule has 0 radical (unpaired) electrons. The Kier molecular flexibility index (Phi) is 5.00. The lowest BCUT2D eigenvalue weighted by molar-refractivity contribution is -0.118. The van der Waals surface area contributed by atoms with E-state index >= 15 is 0 Å². The lowest BCUT2D eigenvalue weighted by Crippen LogP contribution is -2.31. The monoisotopic (exact) mass is 226 g/mol. The van der Waals surface area contributed by atoms with Crippen molar-refractivity contribution >= 4 is 17.7 Å². The number of rotatable bonds is 5. The Morgan fingerprint density at radius 1 is 1.47 bits per heavy atom. The minimum absolute atomic E-state index is 0.186. The predicted octanol–water partition coefficient (Wildman–Crippen LogP) is 1.17. The van der Waals surface area contributed by atoms with Crippen LogP contribution in [0.1, 0.15) is 6.92 Å². The van der Waals surface area contributed by atoms with E-state index in [4.69, 9.17) is 10.6 Å². The van der Waals surface area contributed by atoms with Gasteiger partial charge < -0.3 is 4.74 Å². The van der Waals surface area contributed by atoms with Crippen LogP contribution in [0.2, 0.25) is 0 Å². The topological polar surface area (TPSA) is 64.3 Å². The molecule has 0 bridgehead atoms. The summed E-state index contributed by atoms with van der Waals surface area (Å²) in [5.41, 5.74) is 2.08. The van der Waals surface area contributed by atoms with Crippen LogP contribution in [0, 0.1) is 0 Å². The molecule has 0 atom stereocenters. The van der Waals surface area contributed by atoms with Crippen LogP contribution in [0.25, 0.3) is 0 Å². The molecule has 0 spiro atoms. The number of nitrogens with one attached hydrogen (secondary N) is 1. The average Bonchev–Trinajstić information content (AvgIpc) is 2.28. The summed E-state index contributed by atoms with van der Waals surface area (Å²) in [4.78, 5) is 11.9. The molecule has 0 aromatic heterocycles. The Morgan fingerprint density at radius 2 is 2.13 bits per heavy atom. The number of carbonyl (C=O) groups is 1. The number of nitrogens with two attached hydrogens (primary N) is 1. The minimum Gasteiger partial charge on any atom is -0.494 e. The Balaban J connectivity index is 2.45. The number of benzene rings is 1. The molecule has 5 heteroatoms. The second kappa shape index (κ2) is 6.31. The highest BCUT2D eigenvalue weighted by atomic mass is 32.2. The Hall–Kier alpha value is -1.20. The van der Waals surface area contributed by atoms with Gasteiger partial charge in [-0.15, -0.1) is 11.8 Å². The maximum atomic E-state index is 10.9. The van der Waals surface area contributed by atoms with Crippen molar-refractivity contribution in [1.29, 1.82) is 0 Å². The van der Waals surface area contributed by atoms with Gasteiger partial charge in [-0.1, -0.05) is 0 Å². The lowest BCUT2D eigenvalue weighted by Gasteiger charge is -2.04. The molecule has 0 unspecified atom stereocenters. The van der Waals surface area contributed by atoms with Crippen LogP contribution < -0.4 is 16.0 Å². The average molecular weight is 226 g/mol. The minimum atomic E-state index is -0.186. The molecule has 82 valence electrons. The number of amides is 1. The first-order chi connectivity index (χ1) is 7.26. The van der Waals surface area contributed by atoms with Crippen molar-refractivity contribution in [3.63, 3.8) is 0 Å². The second-order valence-electron chi connectivity index (χ2n) is 2.76. The number of carbonyl (C=O) groups excluding carboxylic acids is 1. The molecule has 0 fully saturated rings. The molecule has 1 amide bonds. The molecule has 1 aromatic rings. The van der Waals surface area contributed by atoms with Crippen molar-refractivity contribution < 1.29 is 9.53 Å². The van der Waals surface area contributed by atoms with Crippen molar-refractivity contribution in [2.45, 2.75) is 11.8 Å². The maximum Gasteiger partial charge on any atom is 0.244 e. The number of hydrazine groups is 1. The molecule has 0 saturated carbocycles. The van der Waals surface area contributed by atoms with Crippen molar-refractivity contribution in [2.24, 2.45) is 5.84 Å². The van der Waals surface area contributed by atoms with Crippen LogP contribution in [0.4, 0.5) is 0 Å². The van der Waals surface area contributed by atoms with E-state index in [1.807, 2.05) is 31.2 Å². The van der Waals surface area contributed by atoms with E-state index in [0.717, 1.165) is 10.6 Å². The van der Waals surface area contributed by atoms with Crippen LogP contribution in [-0.2, 0) is 4.79 Å². The van der Waals surface area contributed by atoms with Gasteiger partial charge in [-0.25, -0.2) is 5.84 Å². The van der Waals surface area contributed by atoms with E-state index in [0.29, 0.717) is 12.4 Å². The predicted molar refractivity (Wildman–Crippen MR) is 60.7 cm³/mol. The van der Waals surface area contributed by atoms with Gasteiger partial charge in [0.25, 0.3) is 0 Å². The summed E-state index contributed by atoms with van der Waals surface area (Å²) < 4.78 is 5.30. The highest BCUT2D eigenvalue weighted by Crippen LogP contribution is 2.20. The Bertz CT molecular complexity index is 314. The third-order valence-electron chi connectivity index (χ3n) is 1.67. The van der Waals surface area contributed by atoms with Gasteiger partial charge in [0.2, 0.25) is 5.91 Å². The molecular weight excluding hydrogens is 212 g/mol. The first-order valence-corrected chi connectivity index (χ1v) is 5.60. The van der Waals surface area contributed by atoms with Crippen LogP contribution in [0.3, 0.4) is 0 Å². The van der Waals surface area contributed by atoms with E-state index in [1.165, 1.54) is 11.8 Å². The van der Waals surface area contributed by atoms with Crippen molar-refractivity contribution in [2.75, 3.05) is 12.4 Å². The summed E-state index contributed by atoms with van der Waals surface area (Å²) in [6.45, 7) is 2.59. The van der Waals surface area contributed by atoms with Crippen LogP contribution in [0.5, 0.6) is 5.75 Å². The number of ether oxygens (including phenoxy) is 1. The van der Waals surface area contributed by atoms with Gasteiger partial charge in [-0.05, 0) is 31.2 Å². The fraction of sp³-hybridized carbons (Fsp3) is 0.300. The largest absolute Gasteiger partial charge is 0.494 e. The Morgan fingerprint density at radius 3 is 2.67 bits per heavy atom. The quantitative estimate of drug-likeness (QED) is 0.342. The van der Waals surface area contributed by atoms with Gasteiger partial charge >= 0.3 is 0 Å². The van der Waals surface area contributed by atoms with Crippen LogP contribution >= 0.6 is 11.8 Å². The number of thioether (sulfide) groups is 1. The summed E-state index contributed by atoms with van der Waals surface area (Å²) in [6, 6.07) is 7.59. The first kappa shape index (κ1) is 11.9. The van der Waals surface area contributed by atoms with Gasteiger partial charge in [0.1, 0.15) is 5.75 Å². The van der Waals surface area contributed by atoms with Crippen molar-refractivity contribution in [3.8, 4) is 5.75 Å². The van der Waals surface area contributed by atoms with Gasteiger partial charge in [-0.2, -0.15) is 0 Å². The molecule has 3 N–H and O–H groups in total. The standard InChI is InChI=1S/C10H14N2O2S/c1-2-14-8-3-5-9(6-4-8)15-7-10(13)12-11/h3-6H,2,7,11H2,1H3,(H,12,13). The summed E-state index contributed by atoms with van der Waals surface area (Å²) in [5, 5.41) is 0. The first-order valence-electron chi connectivity index (χ1n) is 4.61. The van der Waals surface area contributed by atoms with Crippen molar-refractivity contribution in [3.05, 3.63) is 24.3 Å². The SMILES string of the molecule is CCOc1ccc(SCC(=O)NN)cc1. The molecule has 0 heterocycles. The second-order valence-corrected chi connectivity index (χ2v) is 3.81. The molecule has 0 saturated heterocycles. The van der Waals surface area contributed by atoms with Gasteiger partial charge in [0, 0.05) is 4.90 Å². The zero-order chi connectivity index (χ0) is 11.1. The zero-order valence-corrected chi connectivity index (χ0v) is 9.34. The van der Waals surface area contributed by atoms with E-state index in [2.05, 4.69) is 5.43 Å². The summed E-state index contributed by atoms with van der Waals surface area (Å²) in [7, 11) is 0. The molecule has 0 aliphatic rings. The lowest BCUT2D eigenvalue weighted by atomic mass is 10.3. The number of hydrogen-bond donors (Lipinski definition) is 2. The zero-order valence-electron chi connectivity index (χ0n) is 8.53. The number of hydrogen-bond acceptors (Lipinski definition) is 4. The Labute approximate surface area is 93.1 Å². The highest BCUT2D eigenvalue weighted by Gasteiger charge is 2.00. The molecule has 4 nitrogen and oxygen atoms in total. The van der Waals surface area contributed by atoms with Crippen molar-refractivity contribution in [1.82, 2.24) is 5.43 Å². The third kappa shape index (κ3) is 4.22. The van der Waals surface area contributed by atoms with E-state index < -0.39 is 0 Å². The molecule has 15 heavy (non-hydrogen) atoms. The van der Waals surface area contributed by atoms with E-state index in [9.17, 15) is 4.79 Å². The maximum absolute atomic E-state index is 10.9. The molecule has 0 aliphatic heterocycles. The molecule has 1 aromatic carbocycles. The summed E-state index contributed by atoms with van der Waals surface area (Å²) in [5.74, 6) is 5.94. The molecule has 1 rings (SSSR count). The van der Waals surface area contributed by atoms with E-state index in [-0.39, 0.29) is 5.91 Å². The summed E-state index contributed by atoms with van der Waals surface area (Å²) in [6.07, 6.45) is 0. The third-order valence-corrected chi connectivity index (χ3v) is 2.68. The van der Waals surface area contributed by atoms with Gasteiger partial charge in [0.15, 0.2) is 0 Å². The fourth-order valence-electron chi connectivity index (χ4n) is 0.989. The normalized spacial score (nSPS) is 9.73. The smallest absolute Gasteiger partial charge is 0.244 e. The summed E-state index contributed by atoms with van der Waals surface area (Å²) >= 11 is 1.43. The van der Waals surface area contributed by atoms with Crippen LogP contribution in [-0.4, -0.2) is 18.3 Å². The van der Waals surface area contributed by atoms with E-state index in [1.54, 1.807) is 0 Å². The fourth-order valence-corrected chi connectivity index (χ4v) is 1.70. The van der Waals surface area contributed by atoms with Gasteiger partial charge in [-0.3, -0.25) is 10.2 Å². The molecule has 0 aliphatic carbocycles. The molecular formula is C10H14N2O2S.